The molecule has 0 aliphatic heterocycles. The fourth-order valence-corrected chi connectivity index (χ4v) is 13.4. The monoisotopic (exact) mass is 1100 g/mol. The van der Waals surface area contributed by atoms with E-state index in [9.17, 15) is 0 Å². The fraction of sp³-hybridized carbons (Fsp3) is 0. The molecule has 4 heterocycles. The van der Waals surface area contributed by atoms with Crippen molar-refractivity contribution < 1.29 is 0 Å². The lowest BCUT2D eigenvalue weighted by Crippen LogP contribution is -2.16. The van der Waals surface area contributed by atoms with Gasteiger partial charge in [0.25, 0.3) is 0 Å². The van der Waals surface area contributed by atoms with E-state index in [1.165, 1.54) is 11.7 Å². The van der Waals surface area contributed by atoms with Gasteiger partial charge in [0.1, 0.15) is 33.4 Å². The molecule has 17 aromatic rings. The number of nitrogens with zero attached hydrogens (tertiary/aromatic N) is 8. The Morgan fingerprint density at radius 1 is 0.271 bits per heavy atom. The smallest absolute Gasteiger partial charge is 0.133 e. The topological polar surface area (TPSA) is 67.9 Å². The molecule has 398 valence electrons. The highest BCUT2D eigenvalue weighted by Gasteiger charge is 2.32. The van der Waals surface area contributed by atoms with E-state index in [1.807, 2.05) is 0 Å². The Balaban J connectivity index is 1.01. The summed E-state index contributed by atoms with van der Waals surface area (Å²) in [5.74, 6) is 0. The Morgan fingerprint density at radius 2 is 0.635 bits per heavy atom. The molecule has 0 bridgehead atoms. The molecule has 0 N–H and O–H groups in total. The molecule has 8 nitrogen and oxygen atoms in total. The third-order valence-corrected chi connectivity index (χ3v) is 17.2. The molecule has 0 atom stereocenters. The van der Waals surface area contributed by atoms with Gasteiger partial charge in [-0.05, 0) is 131 Å². The molecular weight excluding hydrogens is 1060 g/mol. The van der Waals surface area contributed by atoms with Crippen molar-refractivity contribution in [2.24, 2.45) is 0 Å². The molecule has 0 fully saturated rings. The first kappa shape index (κ1) is 48.4. The Morgan fingerprint density at radius 3 is 1.07 bits per heavy atom. The van der Waals surface area contributed by atoms with E-state index in [0.717, 1.165) is 133 Å². The van der Waals surface area contributed by atoms with Gasteiger partial charge in [-0.1, -0.05) is 182 Å². The number of hydrogen-bond acceptors (Lipinski definition) is 7. The maximum atomic E-state index is 6.12. The minimum Gasteiger partial charge on any atom is -0.309 e. The zero-order valence-electron chi connectivity index (χ0n) is 45.7. The molecule has 13 aromatic carbocycles. The minimum atomic E-state index is 0.668. The van der Waals surface area contributed by atoms with Crippen LogP contribution in [0.25, 0.3) is 121 Å². The SMILES string of the molecule is c1ccc(N(c2ccc3c(c2)c2ccccc2n3-c2ccccc2)c2c3nsnc3c(N(c3ccccc3)c3ccc4c(c3)c3ccccc3n4-c3ccccc3)c3nc(-c4ccc5ccccc5c4)c(-c4ccc5ccccc5c4)nc23)cc1. The molecule has 0 amide bonds. The molecule has 0 unspecified atom stereocenters. The lowest BCUT2D eigenvalue weighted by atomic mass is 9.98. The van der Waals surface area contributed by atoms with Gasteiger partial charge in [0.15, 0.2) is 0 Å². The van der Waals surface area contributed by atoms with Crippen LogP contribution in [0.1, 0.15) is 0 Å². The normalized spacial score (nSPS) is 11.8. The van der Waals surface area contributed by atoms with E-state index < -0.39 is 0 Å². The summed E-state index contributed by atoms with van der Waals surface area (Å²) in [6.45, 7) is 0. The highest BCUT2D eigenvalue weighted by molar-refractivity contribution is 7.00. The van der Waals surface area contributed by atoms with Crippen LogP contribution in [0.2, 0.25) is 0 Å². The summed E-state index contributed by atoms with van der Waals surface area (Å²) in [7, 11) is 0. The van der Waals surface area contributed by atoms with E-state index in [1.54, 1.807) is 0 Å². The summed E-state index contributed by atoms with van der Waals surface area (Å²) in [5.41, 5.74) is 18.1. The molecule has 0 saturated carbocycles. The van der Waals surface area contributed by atoms with Gasteiger partial charge in [0.05, 0.1) is 45.2 Å². The first-order chi connectivity index (χ1) is 42.2. The maximum Gasteiger partial charge on any atom is 0.133 e. The predicted octanol–water partition coefficient (Wildman–Crippen LogP) is 20.4. The van der Waals surface area contributed by atoms with Crippen LogP contribution in [-0.4, -0.2) is 27.8 Å². The van der Waals surface area contributed by atoms with Crippen molar-refractivity contribution in [3.05, 3.63) is 291 Å². The highest BCUT2D eigenvalue weighted by Crippen LogP contribution is 2.52. The number of benzene rings is 13. The van der Waals surface area contributed by atoms with E-state index in [0.29, 0.717) is 22.1 Å². The molecule has 17 rings (SSSR count). The summed E-state index contributed by atoms with van der Waals surface area (Å²) >= 11 is 1.21. The van der Waals surface area contributed by atoms with Crippen molar-refractivity contribution in [2.45, 2.75) is 0 Å². The van der Waals surface area contributed by atoms with Crippen LogP contribution < -0.4 is 9.80 Å². The van der Waals surface area contributed by atoms with Gasteiger partial charge in [-0.2, -0.15) is 8.75 Å². The zero-order chi connectivity index (χ0) is 56.0. The molecule has 9 heteroatoms. The molecule has 4 aromatic heterocycles. The standard InChI is InChI=1S/C76H48N8S/c1-5-25-55(26-6-1)81(59-41-43-67-63(47-59)61-33-17-19-35-65(61)83(67)57-29-9-3-10-30-57)75-71-72(78-70(54-40-38-50-22-14-16-24-52(50)46-54)69(77-71)53-39-37-49-21-13-15-23-51(49)45-53)76(74-73(75)79-85-80-74)82(56-27-7-2-8-28-56)60-42-44-68-64(48-60)62-34-18-20-36-66(62)84(68)58-31-11-4-12-32-58/h1-48H. The van der Waals surface area contributed by atoms with Crippen molar-refractivity contribution in [2.75, 3.05) is 9.80 Å². The summed E-state index contributed by atoms with van der Waals surface area (Å²) in [4.78, 5) is 16.9. The average Bonchev–Trinajstić information content (AvgIpc) is 2.49. The molecule has 0 saturated heterocycles. The van der Waals surface area contributed by atoms with Crippen LogP contribution in [0.3, 0.4) is 0 Å². The van der Waals surface area contributed by atoms with Gasteiger partial charge in [-0.3, -0.25) is 0 Å². The number of para-hydroxylation sites is 6. The molecule has 0 aliphatic carbocycles. The highest BCUT2D eigenvalue weighted by atomic mass is 32.1. The molecule has 85 heavy (non-hydrogen) atoms. The maximum absolute atomic E-state index is 6.12. The Hall–Kier alpha value is -11.3. The number of aromatic nitrogens is 6. The predicted molar refractivity (Wildman–Crippen MR) is 354 cm³/mol. The van der Waals surface area contributed by atoms with Crippen molar-refractivity contribution in [1.82, 2.24) is 27.8 Å². The van der Waals surface area contributed by atoms with E-state index in [-0.39, 0.29) is 0 Å². The van der Waals surface area contributed by atoms with Crippen LogP contribution >= 0.6 is 11.7 Å². The lowest BCUT2D eigenvalue weighted by molar-refractivity contribution is 1.18. The average molecular weight is 1110 g/mol. The Labute approximate surface area is 493 Å². The van der Waals surface area contributed by atoms with Crippen molar-refractivity contribution >= 4 is 133 Å². The van der Waals surface area contributed by atoms with Crippen LogP contribution in [-0.2, 0) is 0 Å². The number of rotatable bonds is 10. The van der Waals surface area contributed by atoms with Crippen LogP contribution in [0, 0.1) is 0 Å². The number of fused-ring (bicyclic) bond motifs is 10. The summed E-state index contributed by atoms with van der Waals surface area (Å²) in [6.07, 6.45) is 0. The largest absolute Gasteiger partial charge is 0.309 e. The van der Waals surface area contributed by atoms with Crippen LogP contribution in [0.5, 0.6) is 0 Å². The fourth-order valence-electron chi connectivity index (χ4n) is 12.9. The summed E-state index contributed by atoms with van der Waals surface area (Å²) < 4.78 is 15.5. The van der Waals surface area contributed by atoms with Gasteiger partial charge in [0, 0.05) is 66.8 Å². The van der Waals surface area contributed by atoms with Crippen molar-refractivity contribution in [1.29, 1.82) is 0 Å². The van der Waals surface area contributed by atoms with Gasteiger partial charge in [-0.25, -0.2) is 9.97 Å². The van der Waals surface area contributed by atoms with Gasteiger partial charge in [-0.15, -0.1) is 0 Å². The van der Waals surface area contributed by atoms with Gasteiger partial charge in [0.2, 0.25) is 0 Å². The minimum absolute atomic E-state index is 0.668. The van der Waals surface area contributed by atoms with Crippen molar-refractivity contribution in [3.8, 4) is 33.9 Å². The second kappa shape index (κ2) is 19.7. The summed E-state index contributed by atoms with van der Waals surface area (Å²) in [6, 6.07) is 104. The third kappa shape index (κ3) is 7.89. The van der Waals surface area contributed by atoms with Gasteiger partial charge < -0.3 is 18.9 Å². The number of anilines is 6. The van der Waals surface area contributed by atoms with Gasteiger partial charge >= 0.3 is 0 Å². The summed E-state index contributed by atoms with van der Waals surface area (Å²) in [5, 5.41) is 9.05. The van der Waals surface area contributed by atoms with Crippen molar-refractivity contribution in [3.63, 3.8) is 0 Å². The quantitative estimate of drug-likeness (QED) is 0.127. The van der Waals surface area contributed by atoms with E-state index >= 15 is 0 Å². The lowest BCUT2D eigenvalue weighted by Gasteiger charge is -2.30. The Bertz CT molecular complexity index is 5110. The second-order valence-electron chi connectivity index (χ2n) is 21.5. The molecule has 0 spiro atoms. The number of hydrogen-bond donors (Lipinski definition) is 0. The molecule has 0 aliphatic rings. The van der Waals surface area contributed by atoms with Crippen LogP contribution in [0.15, 0.2) is 291 Å². The molecular formula is C76H48N8S. The Kier molecular flexibility index (Phi) is 11.2. The zero-order valence-corrected chi connectivity index (χ0v) is 46.5. The van der Waals surface area contributed by atoms with Crippen LogP contribution in [0.4, 0.5) is 34.1 Å². The first-order valence-electron chi connectivity index (χ1n) is 28.5. The first-order valence-corrected chi connectivity index (χ1v) is 29.3. The second-order valence-corrected chi connectivity index (χ2v) is 22.1. The molecule has 0 radical (unpaired) electrons. The third-order valence-electron chi connectivity index (χ3n) is 16.7. The van der Waals surface area contributed by atoms with E-state index in [2.05, 4.69) is 310 Å². The van der Waals surface area contributed by atoms with E-state index in [4.69, 9.17) is 18.7 Å².